The zero-order valence-electron chi connectivity index (χ0n) is 35.1. The van der Waals surface area contributed by atoms with Crippen LogP contribution in [-0.2, 0) is 5.41 Å². The summed E-state index contributed by atoms with van der Waals surface area (Å²) in [5.41, 5.74) is 21.5. The van der Waals surface area contributed by atoms with E-state index >= 15 is 0 Å². The van der Waals surface area contributed by atoms with Crippen molar-refractivity contribution in [3.63, 3.8) is 0 Å². The fourth-order valence-corrected chi connectivity index (χ4v) is 11.9. The summed E-state index contributed by atoms with van der Waals surface area (Å²) in [5.74, 6) is 0. The lowest BCUT2D eigenvalue weighted by Gasteiger charge is -2.30. The summed E-state index contributed by atoms with van der Waals surface area (Å²) in [6.45, 7) is 6.75. The van der Waals surface area contributed by atoms with E-state index in [-0.39, 0.29) is 0 Å². The van der Waals surface area contributed by atoms with E-state index in [0.29, 0.717) is 0 Å². The molecule has 1 spiro atoms. The van der Waals surface area contributed by atoms with E-state index in [1.165, 1.54) is 60.3 Å². The molecule has 2 heterocycles. The largest absolute Gasteiger partial charge is 0.456 e. The van der Waals surface area contributed by atoms with Gasteiger partial charge in [-0.15, -0.1) is 11.3 Å². The Labute approximate surface area is 375 Å². The Hall–Kier alpha value is -7.85. The van der Waals surface area contributed by atoms with E-state index in [2.05, 4.69) is 214 Å². The maximum atomic E-state index is 6.76. The lowest BCUT2D eigenvalue weighted by atomic mass is 9.70. The van der Waals surface area contributed by atoms with Gasteiger partial charge in [-0.05, 0) is 121 Å². The molecule has 0 bridgehead atoms. The van der Waals surface area contributed by atoms with Gasteiger partial charge in [0.25, 0.3) is 0 Å². The molecule has 2 aliphatic carbocycles. The van der Waals surface area contributed by atoms with Crippen LogP contribution in [0.1, 0.15) is 45.2 Å². The SMILES string of the molecule is C=C(c1ccccc1)c1sc2ccc(-c3ccccc3)cc2c1/N=C(\C)c1cccc2oc3cc(-c4ccc5c(c4)C4(c6ccccc6-c6ccccc64)c4ccccc4-5)ccc3c12. The van der Waals surface area contributed by atoms with Crippen molar-refractivity contribution in [1.29, 1.82) is 0 Å². The first-order valence-corrected chi connectivity index (χ1v) is 22.7. The summed E-state index contributed by atoms with van der Waals surface area (Å²) in [7, 11) is 0. The van der Waals surface area contributed by atoms with Gasteiger partial charge in [-0.1, -0.05) is 176 Å². The Kier molecular flexibility index (Phi) is 8.09. The van der Waals surface area contributed by atoms with Crippen LogP contribution in [0.25, 0.3) is 82.1 Å². The molecule has 300 valence electrons. The summed E-state index contributed by atoms with van der Waals surface area (Å²) in [5, 5.41) is 3.26. The van der Waals surface area contributed by atoms with Crippen LogP contribution < -0.4 is 0 Å². The van der Waals surface area contributed by atoms with Crippen LogP contribution in [0, 0.1) is 0 Å². The zero-order chi connectivity index (χ0) is 42.5. The number of furan rings is 1. The van der Waals surface area contributed by atoms with Crippen LogP contribution in [0.5, 0.6) is 0 Å². The highest BCUT2D eigenvalue weighted by atomic mass is 32.1. The maximum absolute atomic E-state index is 6.76. The molecule has 2 aliphatic rings. The summed E-state index contributed by atoms with van der Waals surface area (Å²) in [6.07, 6.45) is 0. The lowest BCUT2D eigenvalue weighted by Crippen LogP contribution is -2.25. The number of hydrogen-bond acceptors (Lipinski definition) is 3. The first kappa shape index (κ1) is 36.8. The molecule has 0 aliphatic heterocycles. The molecule has 11 aromatic rings. The van der Waals surface area contributed by atoms with Crippen LogP contribution >= 0.6 is 11.3 Å². The molecular formula is C61H39NOS. The Balaban J connectivity index is 0.946. The second kappa shape index (κ2) is 14.1. The minimum absolute atomic E-state index is 0.394. The molecule has 0 radical (unpaired) electrons. The Morgan fingerprint density at radius 1 is 0.484 bits per heavy atom. The third-order valence-corrected chi connectivity index (χ3v) is 14.9. The van der Waals surface area contributed by atoms with Gasteiger partial charge in [0, 0.05) is 32.1 Å². The average molecular weight is 834 g/mol. The zero-order valence-corrected chi connectivity index (χ0v) is 35.9. The summed E-state index contributed by atoms with van der Waals surface area (Å²) in [4.78, 5) is 6.61. The van der Waals surface area contributed by atoms with E-state index in [1.54, 1.807) is 11.3 Å². The molecule has 3 heteroatoms. The van der Waals surface area contributed by atoms with E-state index in [4.69, 9.17) is 9.41 Å². The predicted octanol–water partition coefficient (Wildman–Crippen LogP) is 16.7. The number of fused-ring (bicyclic) bond motifs is 14. The molecular weight excluding hydrogens is 795 g/mol. The topological polar surface area (TPSA) is 25.5 Å². The maximum Gasteiger partial charge on any atom is 0.136 e. The second-order valence-corrected chi connectivity index (χ2v) is 18.1. The van der Waals surface area contributed by atoms with Gasteiger partial charge >= 0.3 is 0 Å². The predicted molar refractivity (Wildman–Crippen MR) is 269 cm³/mol. The molecule has 0 N–H and O–H groups in total. The monoisotopic (exact) mass is 833 g/mol. The van der Waals surface area contributed by atoms with Crippen LogP contribution in [0.2, 0.25) is 0 Å². The smallest absolute Gasteiger partial charge is 0.136 e. The van der Waals surface area contributed by atoms with Crippen LogP contribution in [0.4, 0.5) is 5.69 Å². The van der Waals surface area contributed by atoms with Crippen molar-refractivity contribution >= 4 is 60.3 Å². The normalized spacial score (nSPS) is 13.4. The van der Waals surface area contributed by atoms with Crippen LogP contribution in [0.15, 0.2) is 222 Å². The summed E-state index contributed by atoms with van der Waals surface area (Å²) < 4.78 is 7.94. The average Bonchev–Trinajstić information content (AvgIpc) is 4.09. The van der Waals surface area contributed by atoms with Crippen molar-refractivity contribution in [3.05, 3.63) is 251 Å². The summed E-state index contributed by atoms with van der Waals surface area (Å²) >= 11 is 1.75. The van der Waals surface area contributed by atoms with E-state index in [0.717, 1.165) is 71.4 Å². The van der Waals surface area contributed by atoms with Crippen molar-refractivity contribution in [2.45, 2.75) is 12.3 Å². The number of hydrogen-bond donors (Lipinski definition) is 0. The number of thiophene rings is 1. The lowest BCUT2D eigenvalue weighted by molar-refractivity contribution is 0.669. The highest BCUT2D eigenvalue weighted by Gasteiger charge is 2.51. The molecule has 0 amide bonds. The first-order valence-electron chi connectivity index (χ1n) is 21.9. The molecule has 0 fully saturated rings. The highest BCUT2D eigenvalue weighted by Crippen LogP contribution is 2.63. The van der Waals surface area contributed by atoms with Gasteiger partial charge in [0.05, 0.1) is 16.0 Å². The van der Waals surface area contributed by atoms with Gasteiger partial charge in [-0.3, -0.25) is 4.99 Å². The highest BCUT2D eigenvalue weighted by molar-refractivity contribution is 7.20. The number of nitrogens with zero attached hydrogens (tertiary/aromatic N) is 1. The van der Waals surface area contributed by atoms with Gasteiger partial charge in [0.2, 0.25) is 0 Å². The standard InChI is InChI=1S/C61H39NOS/c1-37(39-16-5-3-6-17-39)60-59(50-34-41(30-33-57(50)64-60)40-18-7-4-8-19-40)62-38(2)44-23-15-27-55-58(44)49-32-29-43(36-56(49)63-55)42-28-31-48-47-22-11-14-26-53(47)61(54(48)35-42)51-24-12-9-20-45(51)46-21-10-13-25-52(46)61/h3-36H,1H2,2H3/b62-38+. The minimum Gasteiger partial charge on any atom is -0.456 e. The van der Waals surface area contributed by atoms with Crippen molar-refractivity contribution in [1.82, 2.24) is 0 Å². The van der Waals surface area contributed by atoms with Gasteiger partial charge in [0.1, 0.15) is 11.2 Å². The number of benzene rings is 9. The fraction of sp³-hybridized carbons (Fsp3) is 0.0328. The van der Waals surface area contributed by atoms with Crippen molar-refractivity contribution < 1.29 is 4.42 Å². The molecule has 13 rings (SSSR count). The Morgan fingerprint density at radius 2 is 1.06 bits per heavy atom. The second-order valence-electron chi connectivity index (χ2n) is 17.0. The third kappa shape index (κ3) is 5.28. The third-order valence-electron chi connectivity index (χ3n) is 13.7. The van der Waals surface area contributed by atoms with Crippen molar-refractivity contribution in [2.24, 2.45) is 4.99 Å². The van der Waals surface area contributed by atoms with Gasteiger partial charge < -0.3 is 4.42 Å². The minimum atomic E-state index is -0.394. The van der Waals surface area contributed by atoms with Crippen molar-refractivity contribution in [2.75, 3.05) is 0 Å². The molecule has 64 heavy (non-hydrogen) atoms. The summed E-state index contributed by atoms with van der Waals surface area (Å²) in [6, 6.07) is 74.8. The van der Waals surface area contributed by atoms with Crippen molar-refractivity contribution in [3.8, 4) is 44.5 Å². The van der Waals surface area contributed by atoms with Gasteiger partial charge in [0.15, 0.2) is 0 Å². The van der Waals surface area contributed by atoms with Crippen LogP contribution in [-0.4, -0.2) is 5.71 Å². The van der Waals surface area contributed by atoms with Gasteiger partial charge in [-0.25, -0.2) is 0 Å². The molecule has 0 atom stereocenters. The molecule has 2 nitrogen and oxygen atoms in total. The molecule has 0 saturated heterocycles. The van der Waals surface area contributed by atoms with E-state index in [1.807, 2.05) is 6.07 Å². The number of aliphatic imine (C=N–C) groups is 1. The first-order chi connectivity index (χ1) is 31.6. The molecule has 9 aromatic carbocycles. The Bertz CT molecular complexity index is 3690. The molecule has 2 aromatic heterocycles. The van der Waals surface area contributed by atoms with Gasteiger partial charge in [-0.2, -0.15) is 0 Å². The van der Waals surface area contributed by atoms with E-state index < -0.39 is 5.41 Å². The molecule has 0 saturated carbocycles. The quantitative estimate of drug-likeness (QED) is 0.153. The van der Waals surface area contributed by atoms with E-state index in [9.17, 15) is 0 Å². The van der Waals surface area contributed by atoms with Crippen LogP contribution in [0.3, 0.4) is 0 Å². The molecule has 0 unspecified atom stereocenters. The Morgan fingerprint density at radius 3 is 1.77 bits per heavy atom. The number of rotatable bonds is 6. The fourth-order valence-electron chi connectivity index (χ4n) is 10.8.